The highest BCUT2D eigenvalue weighted by Gasteiger charge is 2.45. The van der Waals surface area contributed by atoms with Crippen molar-refractivity contribution in [3.8, 4) is 11.5 Å². The first-order valence-electron chi connectivity index (χ1n) is 7.57. The van der Waals surface area contributed by atoms with Crippen LogP contribution in [0, 0.1) is 0 Å². The second kappa shape index (κ2) is 6.08. The molecule has 0 spiro atoms. The molecule has 1 aromatic rings. The van der Waals surface area contributed by atoms with Crippen LogP contribution in [0.1, 0.15) is 19.8 Å². The molecule has 0 saturated carbocycles. The zero-order chi connectivity index (χ0) is 16.4. The molecule has 2 aliphatic heterocycles. The normalized spacial score (nSPS) is 25.4. The van der Waals surface area contributed by atoms with Crippen molar-refractivity contribution in [2.75, 3.05) is 13.2 Å². The smallest absolute Gasteiger partial charge is 0.329 e. The van der Waals surface area contributed by atoms with Crippen LogP contribution in [0.25, 0.3) is 0 Å². The Morgan fingerprint density at radius 3 is 2.39 bits per heavy atom. The van der Waals surface area contributed by atoms with Crippen molar-refractivity contribution in [3.63, 3.8) is 0 Å². The molecule has 0 aliphatic carbocycles. The maximum Gasteiger partial charge on any atom is 0.329 e. The van der Waals surface area contributed by atoms with Crippen LogP contribution in [0.4, 0.5) is 0 Å². The van der Waals surface area contributed by atoms with Crippen LogP contribution >= 0.6 is 0 Å². The molecular formula is C16H19NO6. The summed E-state index contributed by atoms with van der Waals surface area (Å²) in [5.41, 5.74) is -1.31. The van der Waals surface area contributed by atoms with Crippen molar-refractivity contribution in [1.82, 2.24) is 5.32 Å². The van der Waals surface area contributed by atoms with Crippen LogP contribution in [-0.2, 0) is 14.3 Å². The molecule has 0 bridgehead atoms. The zero-order valence-electron chi connectivity index (χ0n) is 12.8. The van der Waals surface area contributed by atoms with Crippen molar-refractivity contribution in [2.45, 2.75) is 37.5 Å². The van der Waals surface area contributed by atoms with Crippen molar-refractivity contribution >= 4 is 11.9 Å². The standard InChI is InChI=1S/C16H19NO6/c1-10-13(23-12-5-3-2-4-11(12)22-10)14(18)17-16(15(19)20)6-8-21-9-7-16/h2-5,10,13H,6-9H2,1H3,(H,17,18)(H,19,20)/t10-,13+/m0/s1. The second-order valence-electron chi connectivity index (χ2n) is 5.80. The minimum Gasteiger partial charge on any atom is -0.482 e. The summed E-state index contributed by atoms with van der Waals surface area (Å²) >= 11 is 0. The number of rotatable bonds is 3. The van der Waals surface area contributed by atoms with Gasteiger partial charge in [-0.15, -0.1) is 0 Å². The lowest BCUT2D eigenvalue weighted by Gasteiger charge is -2.37. The maximum absolute atomic E-state index is 12.6. The van der Waals surface area contributed by atoms with Gasteiger partial charge in [0.15, 0.2) is 11.5 Å². The van der Waals surface area contributed by atoms with Gasteiger partial charge >= 0.3 is 5.97 Å². The zero-order valence-corrected chi connectivity index (χ0v) is 12.8. The summed E-state index contributed by atoms with van der Waals surface area (Å²) in [5, 5.41) is 12.2. The van der Waals surface area contributed by atoms with Crippen molar-refractivity contribution < 1.29 is 28.9 Å². The van der Waals surface area contributed by atoms with Gasteiger partial charge in [-0.3, -0.25) is 4.79 Å². The van der Waals surface area contributed by atoms with Crippen molar-refractivity contribution in [1.29, 1.82) is 0 Å². The minimum atomic E-state index is -1.31. The number of ether oxygens (including phenoxy) is 3. The Bertz CT molecular complexity index is 610. The van der Waals surface area contributed by atoms with E-state index in [1.165, 1.54) is 0 Å². The first-order valence-corrected chi connectivity index (χ1v) is 7.57. The van der Waals surface area contributed by atoms with E-state index < -0.39 is 29.6 Å². The highest BCUT2D eigenvalue weighted by Crippen LogP contribution is 2.33. The summed E-state index contributed by atoms with van der Waals surface area (Å²) < 4.78 is 16.6. The molecule has 0 radical (unpaired) electrons. The number of hydrogen-bond donors (Lipinski definition) is 2. The van der Waals surface area contributed by atoms with Crippen LogP contribution in [-0.4, -0.2) is 47.9 Å². The second-order valence-corrected chi connectivity index (χ2v) is 5.80. The molecule has 124 valence electrons. The lowest BCUT2D eigenvalue weighted by atomic mass is 9.89. The van der Waals surface area contributed by atoms with Gasteiger partial charge in [-0.1, -0.05) is 12.1 Å². The third-order valence-electron chi connectivity index (χ3n) is 4.22. The summed E-state index contributed by atoms with van der Waals surface area (Å²) in [6.45, 7) is 2.32. The number of amides is 1. The maximum atomic E-state index is 12.6. The molecule has 0 aromatic heterocycles. The SMILES string of the molecule is C[C@@H]1Oc2ccccc2O[C@H]1C(=O)NC1(C(=O)O)CCOCC1. The molecule has 7 nitrogen and oxygen atoms in total. The summed E-state index contributed by atoms with van der Waals surface area (Å²) in [5.74, 6) is -0.500. The number of nitrogens with one attached hydrogen (secondary N) is 1. The van der Waals surface area contributed by atoms with Gasteiger partial charge in [0, 0.05) is 26.1 Å². The van der Waals surface area contributed by atoms with E-state index in [0.29, 0.717) is 24.7 Å². The topological polar surface area (TPSA) is 94.1 Å². The summed E-state index contributed by atoms with van der Waals surface area (Å²) in [6, 6.07) is 7.07. The summed E-state index contributed by atoms with van der Waals surface area (Å²) in [6.07, 6.45) is -0.960. The molecule has 1 fully saturated rings. The van der Waals surface area contributed by atoms with E-state index in [0.717, 1.165) is 0 Å². The molecule has 3 rings (SSSR count). The number of carboxylic acid groups (broad SMARTS) is 1. The van der Waals surface area contributed by atoms with Gasteiger partial charge in [0.1, 0.15) is 11.6 Å². The highest BCUT2D eigenvalue weighted by atomic mass is 16.6. The largest absolute Gasteiger partial charge is 0.482 e. The van der Waals surface area contributed by atoms with E-state index >= 15 is 0 Å². The van der Waals surface area contributed by atoms with Gasteiger partial charge in [0.2, 0.25) is 6.10 Å². The predicted octanol–water partition coefficient (Wildman–Crippen LogP) is 0.965. The number of para-hydroxylation sites is 2. The Morgan fingerprint density at radius 1 is 1.17 bits per heavy atom. The number of hydrogen-bond acceptors (Lipinski definition) is 5. The van der Waals surface area contributed by atoms with Gasteiger partial charge in [0.05, 0.1) is 0 Å². The van der Waals surface area contributed by atoms with Crippen LogP contribution in [0.5, 0.6) is 11.5 Å². The fourth-order valence-electron chi connectivity index (χ4n) is 2.83. The first kappa shape index (κ1) is 15.6. The lowest BCUT2D eigenvalue weighted by Crippen LogP contribution is -2.62. The number of carbonyl (C=O) groups is 2. The molecule has 23 heavy (non-hydrogen) atoms. The first-order chi connectivity index (χ1) is 11.0. The fourth-order valence-corrected chi connectivity index (χ4v) is 2.83. The highest BCUT2D eigenvalue weighted by molar-refractivity contribution is 5.90. The number of benzene rings is 1. The van der Waals surface area contributed by atoms with Gasteiger partial charge in [-0.25, -0.2) is 4.79 Å². The molecule has 1 aromatic carbocycles. The average Bonchev–Trinajstić information content (AvgIpc) is 2.54. The van der Waals surface area contributed by atoms with E-state index in [-0.39, 0.29) is 12.8 Å². The molecule has 1 amide bonds. The third kappa shape index (κ3) is 2.96. The molecule has 2 heterocycles. The van der Waals surface area contributed by atoms with Crippen LogP contribution in [0.15, 0.2) is 24.3 Å². The van der Waals surface area contributed by atoms with Crippen LogP contribution < -0.4 is 14.8 Å². The molecular weight excluding hydrogens is 302 g/mol. The van der Waals surface area contributed by atoms with Crippen molar-refractivity contribution in [3.05, 3.63) is 24.3 Å². The molecule has 7 heteroatoms. The minimum absolute atomic E-state index is 0.229. The van der Waals surface area contributed by atoms with Gasteiger partial charge in [-0.2, -0.15) is 0 Å². The van der Waals surface area contributed by atoms with E-state index in [1.807, 2.05) is 6.07 Å². The third-order valence-corrected chi connectivity index (χ3v) is 4.22. The number of aliphatic carboxylic acids is 1. The van der Waals surface area contributed by atoms with E-state index in [2.05, 4.69) is 5.32 Å². The van der Waals surface area contributed by atoms with Gasteiger partial charge in [-0.05, 0) is 19.1 Å². The lowest BCUT2D eigenvalue weighted by molar-refractivity contribution is -0.154. The Labute approximate surface area is 133 Å². The molecule has 0 unspecified atom stereocenters. The Balaban J connectivity index is 1.76. The molecule has 2 aliphatic rings. The number of carboxylic acids is 1. The molecule has 1 saturated heterocycles. The van der Waals surface area contributed by atoms with Crippen LogP contribution in [0.2, 0.25) is 0 Å². The van der Waals surface area contributed by atoms with E-state index in [9.17, 15) is 14.7 Å². The van der Waals surface area contributed by atoms with Gasteiger partial charge < -0.3 is 24.6 Å². The Hall–Kier alpha value is -2.28. The molecule has 2 N–H and O–H groups in total. The Morgan fingerprint density at radius 2 is 1.78 bits per heavy atom. The van der Waals surface area contributed by atoms with Gasteiger partial charge in [0.25, 0.3) is 5.91 Å². The number of carbonyl (C=O) groups excluding carboxylic acids is 1. The van der Waals surface area contributed by atoms with Crippen molar-refractivity contribution in [2.24, 2.45) is 0 Å². The monoisotopic (exact) mass is 321 g/mol. The predicted molar refractivity (Wildman–Crippen MR) is 79.5 cm³/mol. The quantitative estimate of drug-likeness (QED) is 0.861. The average molecular weight is 321 g/mol. The number of fused-ring (bicyclic) bond motifs is 1. The molecule has 2 atom stereocenters. The summed E-state index contributed by atoms with van der Waals surface area (Å²) in [7, 11) is 0. The van der Waals surface area contributed by atoms with Crippen LogP contribution in [0.3, 0.4) is 0 Å². The fraction of sp³-hybridized carbons (Fsp3) is 0.500. The van der Waals surface area contributed by atoms with E-state index in [4.69, 9.17) is 14.2 Å². The van der Waals surface area contributed by atoms with E-state index in [1.54, 1.807) is 25.1 Å². The Kier molecular flexibility index (Phi) is 4.12. The summed E-state index contributed by atoms with van der Waals surface area (Å²) in [4.78, 5) is 24.2.